The molecule has 0 saturated heterocycles. The first-order valence-electron chi connectivity index (χ1n) is 10.1. The van der Waals surface area contributed by atoms with Crippen LogP contribution in [0.5, 0.6) is 0 Å². The predicted octanol–water partition coefficient (Wildman–Crippen LogP) is 4.61. The molecule has 0 aliphatic rings. The molecule has 4 rings (SSSR count). The van der Waals surface area contributed by atoms with Crippen molar-refractivity contribution in [2.24, 2.45) is 0 Å². The number of hydrogen-bond donors (Lipinski definition) is 2. The lowest BCUT2D eigenvalue weighted by molar-refractivity contribution is -0.121. The zero-order valence-corrected chi connectivity index (χ0v) is 16.9. The predicted molar refractivity (Wildman–Crippen MR) is 116 cm³/mol. The van der Waals surface area contributed by atoms with Crippen molar-refractivity contribution in [3.8, 4) is 5.69 Å². The normalized spacial score (nSPS) is 11.1. The van der Waals surface area contributed by atoms with E-state index in [0.717, 1.165) is 41.0 Å². The van der Waals surface area contributed by atoms with E-state index in [1.54, 1.807) is 0 Å². The summed E-state index contributed by atoms with van der Waals surface area (Å²) in [6, 6.07) is 18.3. The molecule has 5 nitrogen and oxygen atoms in total. The molecule has 2 aromatic carbocycles. The van der Waals surface area contributed by atoms with Crippen molar-refractivity contribution in [1.29, 1.82) is 0 Å². The van der Waals surface area contributed by atoms with E-state index in [0.29, 0.717) is 13.0 Å². The Morgan fingerprint density at radius 2 is 1.83 bits per heavy atom. The molecular weight excluding hydrogens is 360 g/mol. The highest BCUT2D eigenvalue weighted by atomic mass is 16.1. The fourth-order valence-electron chi connectivity index (χ4n) is 3.80. The quantitative estimate of drug-likeness (QED) is 0.487. The van der Waals surface area contributed by atoms with Gasteiger partial charge in [-0.05, 0) is 50.5 Å². The van der Waals surface area contributed by atoms with E-state index in [1.165, 1.54) is 10.9 Å². The molecule has 2 aromatic heterocycles. The van der Waals surface area contributed by atoms with Crippen LogP contribution in [0.15, 0.2) is 60.8 Å². The van der Waals surface area contributed by atoms with Gasteiger partial charge < -0.3 is 10.3 Å². The Morgan fingerprint density at radius 1 is 1.07 bits per heavy atom. The molecule has 0 fully saturated rings. The molecule has 1 amide bonds. The molecule has 0 aliphatic carbocycles. The van der Waals surface area contributed by atoms with Crippen LogP contribution in [0.3, 0.4) is 0 Å². The molecule has 0 atom stereocenters. The number of hydrogen-bond acceptors (Lipinski definition) is 2. The second kappa shape index (κ2) is 8.35. The summed E-state index contributed by atoms with van der Waals surface area (Å²) in [6.07, 6.45) is 4.29. The van der Waals surface area contributed by atoms with Crippen LogP contribution in [-0.2, 0) is 17.8 Å². The van der Waals surface area contributed by atoms with Gasteiger partial charge in [0.1, 0.15) is 0 Å². The van der Waals surface area contributed by atoms with E-state index in [-0.39, 0.29) is 5.91 Å². The van der Waals surface area contributed by atoms with Crippen molar-refractivity contribution in [2.45, 2.75) is 39.7 Å². The molecule has 0 unspecified atom stereocenters. The Labute approximate surface area is 170 Å². The SMILES string of the molecule is Cc1nn(-c2ccccc2)c(C)c1CNC(=O)CCCc1c[nH]c2ccccc12. The number of para-hydroxylation sites is 2. The first-order chi connectivity index (χ1) is 14.1. The van der Waals surface area contributed by atoms with Gasteiger partial charge in [0.05, 0.1) is 11.4 Å². The van der Waals surface area contributed by atoms with Crippen molar-refractivity contribution in [3.05, 3.63) is 83.3 Å². The highest BCUT2D eigenvalue weighted by Gasteiger charge is 2.13. The van der Waals surface area contributed by atoms with Crippen LogP contribution in [0.25, 0.3) is 16.6 Å². The van der Waals surface area contributed by atoms with Gasteiger partial charge in [-0.2, -0.15) is 5.10 Å². The molecule has 5 heteroatoms. The van der Waals surface area contributed by atoms with Gasteiger partial charge in [0.25, 0.3) is 0 Å². The van der Waals surface area contributed by atoms with Crippen molar-refractivity contribution >= 4 is 16.8 Å². The first-order valence-corrected chi connectivity index (χ1v) is 10.1. The minimum atomic E-state index is 0.0797. The number of fused-ring (bicyclic) bond motifs is 1. The van der Waals surface area contributed by atoms with Gasteiger partial charge in [0, 0.05) is 41.3 Å². The summed E-state index contributed by atoms with van der Waals surface area (Å²) in [5.41, 5.74) is 6.54. The topological polar surface area (TPSA) is 62.7 Å². The van der Waals surface area contributed by atoms with Crippen LogP contribution in [-0.4, -0.2) is 20.7 Å². The van der Waals surface area contributed by atoms with Gasteiger partial charge in [-0.25, -0.2) is 4.68 Å². The maximum Gasteiger partial charge on any atom is 0.220 e. The monoisotopic (exact) mass is 386 g/mol. The lowest BCUT2D eigenvalue weighted by Gasteiger charge is -2.07. The van der Waals surface area contributed by atoms with Crippen molar-refractivity contribution < 1.29 is 4.79 Å². The molecule has 29 heavy (non-hydrogen) atoms. The number of nitrogens with zero attached hydrogens (tertiary/aromatic N) is 2. The van der Waals surface area contributed by atoms with Gasteiger partial charge in [-0.3, -0.25) is 4.79 Å². The Morgan fingerprint density at radius 3 is 2.66 bits per heavy atom. The smallest absolute Gasteiger partial charge is 0.220 e. The molecule has 0 bridgehead atoms. The van der Waals surface area contributed by atoms with E-state index in [1.807, 2.05) is 67.2 Å². The molecule has 2 heterocycles. The summed E-state index contributed by atoms with van der Waals surface area (Å²) in [6.45, 7) is 4.55. The molecule has 0 radical (unpaired) electrons. The third kappa shape index (κ3) is 4.09. The number of nitrogens with one attached hydrogen (secondary N) is 2. The van der Waals surface area contributed by atoms with E-state index in [4.69, 9.17) is 0 Å². The van der Waals surface area contributed by atoms with Gasteiger partial charge in [0.15, 0.2) is 0 Å². The number of aromatic amines is 1. The maximum absolute atomic E-state index is 12.4. The van der Waals surface area contributed by atoms with E-state index in [2.05, 4.69) is 27.5 Å². The molecule has 148 valence electrons. The summed E-state index contributed by atoms with van der Waals surface area (Å²) < 4.78 is 1.94. The van der Waals surface area contributed by atoms with Crippen LogP contribution >= 0.6 is 0 Å². The number of benzene rings is 2. The Hall–Kier alpha value is -3.34. The van der Waals surface area contributed by atoms with Crippen molar-refractivity contribution in [1.82, 2.24) is 20.1 Å². The molecule has 0 saturated carbocycles. The van der Waals surface area contributed by atoms with Gasteiger partial charge >= 0.3 is 0 Å². The third-order valence-electron chi connectivity index (χ3n) is 5.43. The number of H-pyrrole nitrogens is 1. The molecule has 0 spiro atoms. The van der Waals surface area contributed by atoms with Crippen LogP contribution in [0.4, 0.5) is 0 Å². The van der Waals surface area contributed by atoms with Crippen LogP contribution in [0.1, 0.15) is 35.4 Å². The Bertz CT molecular complexity index is 1120. The second-order valence-corrected chi connectivity index (χ2v) is 7.39. The lowest BCUT2D eigenvalue weighted by atomic mass is 10.1. The zero-order valence-electron chi connectivity index (χ0n) is 16.9. The highest BCUT2D eigenvalue weighted by molar-refractivity contribution is 5.83. The van der Waals surface area contributed by atoms with E-state index >= 15 is 0 Å². The first kappa shape index (κ1) is 19.0. The average Bonchev–Trinajstić information content (AvgIpc) is 3.28. The summed E-state index contributed by atoms with van der Waals surface area (Å²) in [5.74, 6) is 0.0797. The number of amides is 1. The van der Waals surface area contributed by atoms with Gasteiger partial charge in [0.2, 0.25) is 5.91 Å². The summed E-state index contributed by atoms with van der Waals surface area (Å²) in [4.78, 5) is 15.7. The fraction of sp³-hybridized carbons (Fsp3) is 0.250. The number of carbonyl (C=O) groups excluding carboxylic acids is 1. The maximum atomic E-state index is 12.4. The minimum absolute atomic E-state index is 0.0797. The van der Waals surface area contributed by atoms with Crippen molar-refractivity contribution in [2.75, 3.05) is 0 Å². The van der Waals surface area contributed by atoms with E-state index in [9.17, 15) is 4.79 Å². The molecule has 0 aliphatic heterocycles. The zero-order chi connectivity index (χ0) is 20.2. The molecule has 4 aromatic rings. The number of carbonyl (C=O) groups is 1. The standard InChI is InChI=1S/C24H26N4O/c1-17-22(18(2)28(27-17)20-10-4-3-5-11-20)16-26-24(29)14-8-9-19-15-25-23-13-7-6-12-21(19)23/h3-7,10-13,15,25H,8-9,14,16H2,1-2H3,(H,26,29). The largest absolute Gasteiger partial charge is 0.361 e. The number of aromatic nitrogens is 3. The summed E-state index contributed by atoms with van der Waals surface area (Å²) in [5, 5.41) is 8.95. The summed E-state index contributed by atoms with van der Waals surface area (Å²) in [7, 11) is 0. The highest BCUT2D eigenvalue weighted by Crippen LogP contribution is 2.20. The van der Waals surface area contributed by atoms with Crippen molar-refractivity contribution in [3.63, 3.8) is 0 Å². The van der Waals surface area contributed by atoms with Gasteiger partial charge in [-0.15, -0.1) is 0 Å². The van der Waals surface area contributed by atoms with Gasteiger partial charge in [-0.1, -0.05) is 36.4 Å². The Balaban J connectivity index is 1.32. The van der Waals surface area contributed by atoms with E-state index < -0.39 is 0 Å². The molecular formula is C24H26N4O. The molecule has 2 N–H and O–H groups in total. The van der Waals surface area contributed by atoms with Crippen LogP contribution in [0, 0.1) is 13.8 Å². The number of rotatable bonds is 7. The van der Waals surface area contributed by atoms with Crippen LogP contribution < -0.4 is 5.32 Å². The lowest BCUT2D eigenvalue weighted by Crippen LogP contribution is -2.23. The minimum Gasteiger partial charge on any atom is -0.361 e. The number of aryl methyl sites for hydroxylation is 2. The third-order valence-corrected chi connectivity index (χ3v) is 5.43. The summed E-state index contributed by atoms with van der Waals surface area (Å²) >= 11 is 0. The van der Waals surface area contributed by atoms with Crippen LogP contribution in [0.2, 0.25) is 0 Å². The fourth-order valence-corrected chi connectivity index (χ4v) is 3.80. The average molecular weight is 386 g/mol. The Kier molecular flexibility index (Phi) is 5.47. The second-order valence-electron chi connectivity index (χ2n) is 7.39.